The van der Waals surface area contributed by atoms with Gasteiger partial charge in [0.2, 0.25) is 0 Å². The monoisotopic (exact) mass is 314 g/mol. The van der Waals surface area contributed by atoms with E-state index in [1.165, 1.54) is 5.56 Å². The van der Waals surface area contributed by atoms with Gasteiger partial charge in [-0.05, 0) is 36.9 Å². The van der Waals surface area contributed by atoms with Crippen molar-refractivity contribution in [3.8, 4) is 0 Å². The van der Waals surface area contributed by atoms with E-state index in [0.29, 0.717) is 10.6 Å². The van der Waals surface area contributed by atoms with Gasteiger partial charge in [-0.25, -0.2) is 0 Å². The van der Waals surface area contributed by atoms with E-state index >= 15 is 0 Å². The standard InChI is InChI=1S/C18H19ClN2O/c1-20-11-12-21(17(13-20)14-5-3-2-4-6-14)18(22)15-7-9-16(19)10-8-15/h2-10,17H,11-13H2,1H3. The van der Waals surface area contributed by atoms with E-state index in [9.17, 15) is 4.79 Å². The Morgan fingerprint density at radius 2 is 1.73 bits per heavy atom. The zero-order valence-corrected chi connectivity index (χ0v) is 13.3. The largest absolute Gasteiger partial charge is 0.329 e. The Bertz CT molecular complexity index is 642. The van der Waals surface area contributed by atoms with Crippen LogP contribution < -0.4 is 0 Å². The number of carbonyl (C=O) groups is 1. The summed E-state index contributed by atoms with van der Waals surface area (Å²) < 4.78 is 0. The molecular weight excluding hydrogens is 296 g/mol. The molecule has 1 saturated heterocycles. The molecule has 22 heavy (non-hydrogen) atoms. The summed E-state index contributed by atoms with van der Waals surface area (Å²) in [6.07, 6.45) is 0. The maximum absolute atomic E-state index is 12.9. The molecule has 1 aliphatic rings. The van der Waals surface area contributed by atoms with Crippen LogP contribution in [-0.2, 0) is 0 Å². The van der Waals surface area contributed by atoms with Gasteiger partial charge in [0.1, 0.15) is 0 Å². The van der Waals surface area contributed by atoms with Crippen molar-refractivity contribution in [2.24, 2.45) is 0 Å². The summed E-state index contributed by atoms with van der Waals surface area (Å²) in [5.74, 6) is 0.0682. The van der Waals surface area contributed by atoms with Crippen molar-refractivity contribution in [1.29, 1.82) is 0 Å². The van der Waals surface area contributed by atoms with Crippen LogP contribution in [0.5, 0.6) is 0 Å². The minimum absolute atomic E-state index is 0.0682. The molecule has 1 fully saturated rings. The fourth-order valence-corrected chi connectivity index (χ4v) is 3.01. The molecule has 0 N–H and O–H groups in total. The van der Waals surface area contributed by atoms with Crippen molar-refractivity contribution in [3.05, 3.63) is 70.7 Å². The zero-order chi connectivity index (χ0) is 15.5. The first kappa shape index (κ1) is 15.1. The summed E-state index contributed by atoms with van der Waals surface area (Å²) in [4.78, 5) is 17.1. The summed E-state index contributed by atoms with van der Waals surface area (Å²) in [6, 6.07) is 17.4. The predicted octanol–water partition coefficient (Wildman–Crippen LogP) is 3.47. The average molecular weight is 315 g/mol. The summed E-state index contributed by atoms with van der Waals surface area (Å²) in [5, 5.41) is 0.648. The minimum Gasteiger partial charge on any atom is -0.329 e. The fraction of sp³-hybridized carbons (Fsp3) is 0.278. The zero-order valence-electron chi connectivity index (χ0n) is 12.6. The Hall–Kier alpha value is -1.84. The lowest BCUT2D eigenvalue weighted by Crippen LogP contribution is -2.49. The Kier molecular flexibility index (Phi) is 4.46. The molecule has 1 amide bonds. The van der Waals surface area contributed by atoms with Crippen LogP contribution in [0.3, 0.4) is 0 Å². The van der Waals surface area contributed by atoms with Gasteiger partial charge in [0.05, 0.1) is 6.04 Å². The van der Waals surface area contributed by atoms with Gasteiger partial charge in [-0.3, -0.25) is 4.79 Å². The molecule has 0 saturated carbocycles. The van der Waals surface area contributed by atoms with Gasteiger partial charge in [0.15, 0.2) is 0 Å². The van der Waals surface area contributed by atoms with Crippen molar-refractivity contribution in [3.63, 3.8) is 0 Å². The first-order valence-corrected chi connectivity index (χ1v) is 7.83. The van der Waals surface area contributed by atoms with Crippen LogP contribution >= 0.6 is 11.6 Å². The molecule has 1 atom stereocenters. The molecule has 114 valence electrons. The second-order valence-electron chi connectivity index (χ2n) is 5.69. The number of rotatable bonds is 2. The molecule has 2 aromatic rings. The lowest BCUT2D eigenvalue weighted by molar-refractivity contribution is 0.0498. The minimum atomic E-state index is 0.0682. The van der Waals surface area contributed by atoms with E-state index in [2.05, 4.69) is 24.1 Å². The first-order chi connectivity index (χ1) is 10.6. The molecule has 3 nitrogen and oxygen atoms in total. The molecule has 4 heteroatoms. The van der Waals surface area contributed by atoms with E-state index in [1.54, 1.807) is 24.3 Å². The molecule has 0 aliphatic carbocycles. The number of carbonyl (C=O) groups excluding carboxylic acids is 1. The van der Waals surface area contributed by atoms with Gasteiger partial charge < -0.3 is 9.80 Å². The smallest absolute Gasteiger partial charge is 0.254 e. The number of hydrogen-bond donors (Lipinski definition) is 0. The molecule has 0 aromatic heterocycles. The van der Waals surface area contributed by atoms with Crippen molar-refractivity contribution in [1.82, 2.24) is 9.80 Å². The van der Waals surface area contributed by atoms with Crippen LogP contribution in [0.2, 0.25) is 5.02 Å². The normalized spacial score (nSPS) is 19.2. The quantitative estimate of drug-likeness (QED) is 0.847. The number of piperazine rings is 1. The van der Waals surface area contributed by atoms with Gasteiger partial charge in [0, 0.05) is 30.2 Å². The summed E-state index contributed by atoms with van der Waals surface area (Å²) >= 11 is 5.91. The maximum Gasteiger partial charge on any atom is 0.254 e. The molecule has 0 radical (unpaired) electrons. The van der Waals surface area contributed by atoms with Crippen LogP contribution in [0, 0.1) is 0 Å². The highest BCUT2D eigenvalue weighted by molar-refractivity contribution is 6.30. The molecule has 2 aromatic carbocycles. The third-order valence-corrected chi connectivity index (χ3v) is 4.37. The molecule has 1 unspecified atom stereocenters. The topological polar surface area (TPSA) is 23.6 Å². The molecule has 0 spiro atoms. The van der Waals surface area contributed by atoms with Crippen LogP contribution in [0.1, 0.15) is 22.0 Å². The van der Waals surface area contributed by atoms with Gasteiger partial charge in [-0.1, -0.05) is 41.9 Å². The van der Waals surface area contributed by atoms with Crippen molar-refractivity contribution in [2.75, 3.05) is 26.7 Å². The van der Waals surface area contributed by atoms with E-state index in [-0.39, 0.29) is 11.9 Å². The highest BCUT2D eigenvalue weighted by Gasteiger charge is 2.30. The fourth-order valence-electron chi connectivity index (χ4n) is 2.88. The van der Waals surface area contributed by atoms with Gasteiger partial charge in [0.25, 0.3) is 5.91 Å². The lowest BCUT2D eigenvalue weighted by Gasteiger charge is -2.40. The Labute approximate surface area is 136 Å². The second-order valence-corrected chi connectivity index (χ2v) is 6.13. The maximum atomic E-state index is 12.9. The lowest BCUT2D eigenvalue weighted by atomic mass is 10.0. The number of nitrogens with zero attached hydrogens (tertiary/aromatic N) is 2. The number of amides is 1. The highest BCUT2D eigenvalue weighted by Crippen LogP contribution is 2.26. The van der Waals surface area contributed by atoms with E-state index in [4.69, 9.17) is 11.6 Å². The van der Waals surface area contributed by atoms with Gasteiger partial charge in [-0.2, -0.15) is 0 Å². The summed E-state index contributed by atoms with van der Waals surface area (Å²) in [5.41, 5.74) is 1.87. The van der Waals surface area contributed by atoms with Crippen molar-refractivity contribution < 1.29 is 4.79 Å². The number of benzene rings is 2. The molecular formula is C18H19ClN2O. The van der Waals surface area contributed by atoms with Crippen LogP contribution in [-0.4, -0.2) is 42.4 Å². The summed E-state index contributed by atoms with van der Waals surface area (Å²) in [7, 11) is 2.10. The van der Waals surface area contributed by atoms with Crippen molar-refractivity contribution >= 4 is 17.5 Å². The van der Waals surface area contributed by atoms with E-state index < -0.39 is 0 Å². The number of halogens is 1. The number of hydrogen-bond acceptors (Lipinski definition) is 2. The van der Waals surface area contributed by atoms with Crippen LogP contribution in [0.25, 0.3) is 0 Å². The van der Waals surface area contributed by atoms with Crippen LogP contribution in [0.4, 0.5) is 0 Å². The SMILES string of the molecule is CN1CCN(C(=O)c2ccc(Cl)cc2)C(c2ccccc2)C1. The van der Waals surface area contributed by atoms with E-state index in [0.717, 1.165) is 19.6 Å². The van der Waals surface area contributed by atoms with Crippen molar-refractivity contribution in [2.45, 2.75) is 6.04 Å². The Balaban J connectivity index is 1.89. The summed E-state index contributed by atoms with van der Waals surface area (Å²) in [6.45, 7) is 2.48. The Morgan fingerprint density at radius 1 is 1.05 bits per heavy atom. The molecule has 0 bridgehead atoms. The predicted molar refractivity (Wildman–Crippen MR) is 89.2 cm³/mol. The highest BCUT2D eigenvalue weighted by atomic mass is 35.5. The first-order valence-electron chi connectivity index (χ1n) is 7.45. The Morgan fingerprint density at radius 3 is 2.41 bits per heavy atom. The van der Waals surface area contributed by atoms with Crippen LogP contribution in [0.15, 0.2) is 54.6 Å². The van der Waals surface area contributed by atoms with Gasteiger partial charge in [-0.15, -0.1) is 0 Å². The third-order valence-electron chi connectivity index (χ3n) is 4.12. The van der Waals surface area contributed by atoms with E-state index in [1.807, 2.05) is 23.1 Å². The number of likely N-dealkylation sites (N-methyl/N-ethyl adjacent to an activating group) is 1. The average Bonchev–Trinajstić information content (AvgIpc) is 2.56. The molecule has 3 rings (SSSR count). The third kappa shape index (κ3) is 3.16. The van der Waals surface area contributed by atoms with Gasteiger partial charge >= 0.3 is 0 Å². The molecule has 1 heterocycles. The molecule has 1 aliphatic heterocycles. The second kappa shape index (κ2) is 6.51.